The van der Waals surface area contributed by atoms with Gasteiger partial charge in [0.25, 0.3) is 0 Å². The fourth-order valence-corrected chi connectivity index (χ4v) is 2.38. The summed E-state index contributed by atoms with van der Waals surface area (Å²) in [5.74, 6) is -0.290. The summed E-state index contributed by atoms with van der Waals surface area (Å²) < 4.78 is 5.20. The van der Waals surface area contributed by atoms with Crippen LogP contribution in [0.2, 0.25) is 0 Å². The maximum atomic E-state index is 11.9. The van der Waals surface area contributed by atoms with Gasteiger partial charge in [-0.1, -0.05) is 25.5 Å². The third-order valence-electron chi connectivity index (χ3n) is 3.70. The Morgan fingerprint density at radius 1 is 1.13 bits per heavy atom. The summed E-state index contributed by atoms with van der Waals surface area (Å²) in [4.78, 5) is 21.0. The van der Waals surface area contributed by atoms with Gasteiger partial charge in [-0.25, -0.2) is 4.79 Å². The minimum atomic E-state index is -0.290. The van der Waals surface area contributed by atoms with E-state index in [1.165, 1.54) is 0 Å². The molecule has 2 aromatic carbocycles. The van der Waals surface area contributed by atoms with Gasteiger partial charge in [-0.3, -0.25) is 9.98 Å². The molecule has 1 atom stereocenters. The topological polar surface area (TPSA) is 77.0 Å². The Hall–Kier alpha value is -2.69. The summed E-state index contributed by atoms with van der Waals surface area (Å²) >= 11 is 0. The Labute approximate surface area is 134 Å². The van der Waals surface area contributed by atoms with Crippen LogP contribution in [0.1, 0.15) is 41.9 Å². The second kappa shape index (κ2) is 6.60. The van der Waals surface area contributed by atoms with Crippen molar-refractivity contribution in [1.82, 2.24) is 0 Å². The number of anilines is 1. The molecule has 3 rings (SSSR count). The number of esters is 1. The van der Waals surface area contributed by atoms with Crippen molar-refractivity contribution in [3.8, 4) is 0 Å². The Morgan fingerprint density at radius 2 is 1.87 bits per heavy atom. The molecule has 0 bridgehead atoms. The zero-order valence-electron chi connectivity index (χ0n) is 13.0. The van der Waals surface area contributed by atoms with Crippen molar-refractivity contribution in [3.05, 3.63) is 64.3 Å². The first-order valence-corrected chi connectivity index (χ1v) is 7.75. The van der Waals surface area contributed by atoms with Crippen molar-refractivity contribution < 1.29 is 9.53 Å². The molecule has 0 aliphatic carbocycles. The summed E-state index contributed by atoms with van der Waals surface area (Å²) in [7, 11) is 0. The van der Waals surface area contributed by atoms with Crippen molar-refractivity contribution >= 4 is 11.7 Å². The van der Waals surface area contributed by atoms with Crippen molar-refractivity contribution in [2.45, 2.75) is 25.9 Å². The molecule has 5 heteroatoms. The number of hydrogen-bond acceptors (Lipinski definition) is 5. The fraction of sp³-hybridized carbons (Fsp3) is 0.278. The van der Waals surface area contributed by atoms with Crippen LogP contribution in [0.5, 0.6) is 0 Å². The van der Waals surface area contributed by atoms with Crippen LogP contribution in [0.25, 0.3) is 0 Å². The van der Waals surface area contributed by atoms with Crippen LogP contribution in [0.4, 0.5) is 5.69 Å². The minimum absolute atomic E-state index is 0.281. The molecular weight excluding hydrogens is 290 g/mol. The molecule has 1 unspecified atom stereocenters. The van der Waals surface area contributed by atoms with Gasteiger partial charge in [0.05, 0.1) is 22.9 Å². The van der Waals surface area contributed by atoms with E-state index in [0.717, 1.165) is 29.1 Å². The molecule has 0 amide bonds. The molecular formula is C18H19N3O2. The first-order chi connectivity index (χ1) is 11.2. The second-order valence-electron chi connectivity index (χ2n) is 5.49. The van der Waals surface area contributed by atoms with Crippen LogP contribution in [0.3, 0.4) is 0 Å². The van der Waals surface area contributed by atoms with Gasteiger partial charge in [0, 0.05) is 5.69 Å². The highest BCUT2D eigenvalue weighted by Crippen LogP contribution is 2.20. The van der Waals surface area contributed by atoms with E-state index in [2.05, 4.69) is 16.9 Å². The molecule has 23 heavy (non-hydrogen) atoms. The van der Waals surface area contributed by atoms with Crippen molar-refractivity contribution in [2.24, 2.45) is 9.98 Å². The van der Waals surface area contributed by atoms with E-state index < -0.39 is 0 Å². The van der Waals surface area contributed by atoms with Gasteiger partial charge in [-0.15, -0.1) is 0 Å². The molecule has 118 valence electrons. The standard InChI is InChI=1S/C18H19N3O2/c1-2-3-10-23-18(22)13-6-4-12(5-7-13)17-20-15-9-8-14(19)11-16(15)21-17/h4-9,11,17H,2-3,10,19H2,1H3. The molecule has 0 spiro atoms. The van der Waals surface area contributed by atoms with Crippen molar-refractivity contribution in [1.29, 1.82) is 0 Å². The van der Waals surface area contributed by atoms with Crippen molar-refractivity contribution in [2.75, 3.05) is 12.3 Å². The van der Waals surface area contributed by atoms with Crippen LogP contribution in [-0.4, -0.2) is 12.6 Å². The van der Waals surface area contributed by atoms with Crippen molar-refractivity contribution in [3.63, 3.8) is 0 Å². The molecule has 0 saturated carbocycles. The van der Waals surface area contributed by atoms with Gasteiger partial charge in [0.2, 0.25) is 0 Å². The number of hydrogen-bond donors (Lipinski definition) is 1. The van der Waals surface area contributed by atoms with Gasteiger partial charge >= 0.3 is 5.97 Å². The molecule has 2 N–H and O–H groups in total. The average Bonchev–Trinajstić information content (AvgIpc) is 2.98. The number of unbranched alkanes of at least 4 members (excludes halogenated alkanes) is 1. The number of nitrogen functional groups attached to an aromatic ring is 1. The minimum Gasteiger partial charge on any atom is -0.462 e. The van der Waals surface area contributed by atoms with E-state index in [1.807, 2.05) is 30.3 Å². The van der Waals surface area contributed by atoms with E-state index in [-0.39, 0.29) is 12.1 Å². The Balaban J connectivity index is 1.75. The lowest BCUT2D eigenvalue weighted by Gasteiger charge is -2.07. The van der Waals surface area contributed by atoms with Crippen LogP contribution in [0, 0.1) is 0 Å². The maximum Gasteiger partial charge on any atom is 0.338 e. The highest BCUT2D eigenvalue weighted by molar-refractivity contribution is 5.89. The highest BCUT2D eigenvalue weighted by atomic mass is 16.5. The van der Waals surface area contributed by atoms with E-state index in [4.69, 9.17) is 10.5 Å². The first-order valence-electron chi connectivity index (χ1n) is 7.75. The molecule has 1 heterocycles. The number of rotatable bonds is 5. The van der Waals surface area contributed by atoms with Gasteiger partial charge in [-0.05, 0) is 42.3 Å². The summed E-state index contributed by atoms with van der Waals surface area (Å²) in [6.45, 7) is 2.52. The average molecular weight is 309 g/mol. The van der Waals surface area contributed by atoms with Crippen LogP contribution >= 0.6 is 0 Å². The van der Waals surface area contributed by atoms with Gasteiger partial charge in [0.1, 0.15) is 0 Å². The molecule has 1 aliphatic rings. The molecule has 0 saturated heterocycles. The number of benzene rings is 2. The summed E-state index contributed by atoms with van der Waals surface area (Å²) in [5, 5.41) is 1.64. The van der Waals surface area contributed by atoms with Gasteiger partial charge in [0.15, 0.2) is 6.17 Å². The first kappa shape index (κ1) is 15.2. The molecule has 0 radical (unpaired) electrons. The SMILES string of the molecule is CCCCOC(=O)c1ccc(C2N=c3ccc(N)cc3=N2)cc1. The lowest BCUT2D eigenvalue weighted by molar-refractivity contribution is 0.0499. The fourth-order valence-electron chi connectivity index (χ4n) is 2.38. The van der Waals surface area contributed by atoms with Gasteiger partial charge < -0.3 is 10.5 Å². The Morgan fingerprint density at radius 3 is 2.61 bits per heavy atom. The van der Waals surface area contributed by atoms with E-state index in [9.17, 15) is 4.79 Å². The maximum absolute atomic E-state index is 11.9. The number of ether oxygens (including phenoxy) is 1. The largest absolute Gasteiger partial charge is 0.462 e. The second-order valence-corrected chi connectivity index (χ2v) is 5.49. The number of nitrogens with zero attached hydrogens (tertiary/aromatic N) is 2. The molecule has 0 fully saturated rings. The number of nitrogens with two attached hydrogens (primary N) is 1. The summed E-state index contributed by atoms with van der Waals surface area (Å²) in [6, 6.07) is 12.7. The lowest BCUT2D eigenvalue weighted by Crippen LogP contribution is -2.21. The molecule has 1 aliphatic heterocycles. The smallest absolute Gasteiger partial charge is 0.338 e. The predicted octanol–water partition coefficient (Wildman–Crippen LogP) is 2.18. The quantitative estimate of drug-likeness (QED) is 0.522. The van der Waals surface area contributed by atoms with E-state index in [1.54, 1.807) is 12.1 Å². The van der Waals surface area contributed by atoms with Gasteiger partial charge in [-0.2, -0.15) is 0 Å². The number of fused-ring (bicyclic) bond motifs is 1. The Kier molecular flexibility index (Phi) is 4.37. The molecule has 0 aromatic heterocycles. The Bertz CT molecular complexity index is 828. The third-order valence-corrected chi connectivity index (χ3v) is 3.70. The molecule has 5 nitrogen and oxygen atoms in total. The number of carbonyl (C=O) groups excluding carboxylic acids is 1. The molecule has 2 aromatic rings. The van der Waals surface area contributed by atoms with E-state index >= 15 is 0 Å². The zero-order valence-corrected chi connectivity index (χ0v) is 13.0. The third kappa shape index (κ3) is 3.39. The summed E-state index contributed by atoms with van der Waals surface area (Å²) in [5.41, 5.74) is 7.92. The van der Waals surface area contributed by atoms with Crippen LogP contribution in [-0.2, 0) is 4.74 Å². The zero-order chi connectivity index (χ0) is 16.2. The number of carbonyl (C=O) groups is 1. The monoisotopic (exact) mass is 309 g/mol. The van der Waals surface area contributed by atoms with E-state index in [0.29, 0.717) is 17.9 Å². The van der Waals surface area contributed by atoms with Crippen LogP contribution < -0.4 is 16.4 Å². The highest BCUT2D eigenvalue weighted by Gasteiger charge is 2.14. The van der Waals surface area contributed by atoms with Crippen LogP contribution in [0.15, 0.2) is 52.4 Å². The predicted molar refractivity (Wildman–Crippen MR) is 87.5 cm³/mol. The lowest BCUT2D eigenvalue weighted by atomic mass is 10.1. The normalized spacial score (nSPS) is 15.4. The summed E-state index contributed by atoms with van der Waals surface area (Å²) in [6.07, 6.45) is 1.60.